The summed E-state index contributed by atoms with van der Waals surface area (Å²) in [5, 5.41) is 9.25. The van der Waals surface area contributed by atoms with Crippen molar-refractivity contribution in [2.75, 3.05) is 13.1 Å². The fraction of sp³-hybridized carbons (Fsp3) is 0.500. The van der Waals surface area contributed by atoms with E-state index in [2.05, 4.69) is 24.8 Å². The summed E-state index contributed by atoms with van der Waals surface area (Å²) < 4.78 is 0. The van der Waals surface area contributed by atoms with E-state index < -0.39 is 0 Å². The monoisotopic (exact) mass is 357 g/mol. The van der Waals surface area contributed by atoms with Crippen molar-refractivity contribution in [2.24, 2.45) is 0 Å². The van der Waals surface area contributed by atoms with Gasteiger partial charge < -0.3 is 10.0 Å². The molecule has 0 aliphatic heterocycles. The van der Waals surface area contributed by atoms with E-state index in [1.807, 2.05) is 42.5 Å². The Morgan fingerprint density at radius 1 is 1.04 bits per heavy atom. The molecule has 0 radical (unpaired) electrons. The van der Waals surface area contributed by atoms with E-state index >= 15 is 0 Å². The Bertz CT molecular complexity index is 425. The maximum absolute atomic E-state index is 9.25. The number of nitrogens with zero attached hydrogens (tertiary/aromatic N) is 1. The summed E-state index contributed by atoms with van der Waals surface area (Å²) in [6.45, 7) is 7.97. The molecule has 0 aliphatic carbocycles. The molecular formula is C20H31FeNO. The molecule has 2 rings (SSSR count). The second kappa shape index (κ2) is 14.7. The molecule has 0 spiro atoms. The van der Waals surface area contributed by atoms with Crippen molar-refractivity contribution in [3.8, 4) is 0 Å². The van der Waals surface area contributed by atoms with Gasteiger partial charge in [-0.3, -0.25) is 0 Å². The average molecular weight is 357 g/mol. The Labute approximate surface area is 152 Å². The third kappa shape index (κ3) is 9.78. The number of aliphatic hydroxyl groups is 1. The van der Waals surface area contributed by atoms with E-state index in [0.717, 1.165) is 12.1 Å². The number of rotatable bonds is 9. The predicted molar refractivity (Wildman–Crippen MR) is 95.1 cm³/mol. The van der Waals surface area contributed by atoms with Crippen LogP contribution >= 0.6 is 0 Å². The van der Waals surface area contributed by atoms with Crippen molar-refractivity contribution >= 4 is 0 Å². The molecule has 1 N–H and O–H groups in total. The van der Waals surface area contributed by atoms with Gasteiger partial charge in [0.2, 0.25) is 0 Å². The zero-order valence-electron chi connectivity index (χ0n) is 14.5. The van der Waals surface area contributed by atoms with Crippen molar-refractivity contribution in [2.45, 2.75) is 52.7 Å². The van der Waals surface area contributed by atoms with Gasteiger partial charge >= 0.3 is 17.1 Å². The van der Waals surface area contributed by atoms with Crippen LogP contribution in [-0.4, -0.2) is 23.1 Å². The van der Waals surface area contributed by atoms with Crippen LogP contribution in [0.5, 0.6) is 0 Å². The molecule has 3 heteroatoms. The third-order valence-electron chi connectivity index (χ3n) is 3.78. The maximum Gasteiger partial charge on any atom is 2.00 e. The van der Waals surface area contributed by atoms with Crippen LogP contribution in [0, 0.1) is 0 Å². The largest absolute Gasteiger partial charge is 2.00 e. The van der Waals surface area contributed by atoms with Crippen LogP contribution < -0.4 is 0 Å². The first kappa shape index (κ1) is 22.1. The van der Waals surface area contributed by atoms with Gasteiger partial charge in [0.15, 0.2) is 0 Å². The Morgan fingerprint density at radius 2 is 1.65 bits per heavy atom. The summed E-state index contributed by atoms with van der Waals surface area (Å²) in [6, 6.07) is 16.2. The van der Waals surface area contributed by atoms with E-state index in [9.17, 15) is 5.11 Å². The number of unbranched alkanes of at least 4 members (excludes halogenated alkanes) is 2. The molecule has 0 amide bonds. The van der Waals surface area contributed by atoms with E-state index in [4.69, 9.17) is 0 Å². The van der Waals surface area contributed by atoms with Crippen molar-refractivity contribution in [3.63, 3.8) is 0 Å². The summed E-state index contributed by atoms with van der Waals surface area (Å²) in [4.78, 5) is 2.52. The van der Waals surface area contributed by atoms with Gasteiger partial charge in [0.25, 0.3) is 0 Å². The molecule has 0 atom stereocenters. The Morgan fingerprint density at radius 3 is 2.09 bits per heavy atom. The standard InChI is InChI=1S/C15H26NO.C5H5.Fe/c1-3-5-10-16(11-6-4-2)12-14-8-7-9-15(14)13-17;1-2-4-5-3-1;/h7-9,17H,3-6,10-13H2,1-2H3;1-5H;/q2*-1;+2. The molecular weight excluding hydrogens is 326 g/mol. The van der Waals surface area contributed by atoms with E-state index in [1.165, 1.54) is 44.3 Å². The molecule has 0 heterocycles. The van der Waals surface area contributed by atoms with Crippen LogP contribution in [0.25, 0.3) is 0 Å². The first-order valence-corrected chi connectivity index (χ1v) is 8.55. The van der Waals surface area contributed by atoms with Crippen molar-refractivity contribution in [3.05, 3.63) is 59.7 Å². The quantitative estimate of drug-likeness (QED) is 0.519. The molecule has 0 bridgehead atoms. The van der Waals surface area contributed by atoms with Crippen LogP contribution in [0.3, 0.4) is 0 Å². The molecule has 0 saturated heterocycles. The second-order valence-electron chi connectivity index (χ2n) is 5.68. The van der Waals surface area contributed by atoms with Crippen molar-refractivity contribution < 1.29 is 22.2 Å². The molecule has 0 unspecified atom stereocenters. The average Bonchev–Trinajstić information content (AvgIpc) is 3.23. The molecule has 2 aromatic rings. The Balaban J connectivity index is 0.000000684. The molecule has 2 nitrogen and oxygen atoms in total. The van der Waals surface area contributed by atoms with Crippen LogP contribution in [0.2, 0.25) is 0 Å². The van der Waals surface area contributed by atoms with Gasteiger partial charge in [-0.1, -0.05) is 26.7 Å². The minimum Gasteiger partial charge on any atom is -0.404 e. The zero-order chi connectivity index (χ0) is 16.0. The van der Waals surface area contributed by atoms with Crippen LogP contribution in [0.4, 0.5) is 0 Å². The normalized spacial score (nSPS) is 10.1. The smallest absolute Gasteiger partial charge is 0.404 e. The van der Waals surface area contributed by atoms with Crippen molar-refractivity contribution in [1.82, 2.24) is 4.90 Å². The summed E-state index contributed by atoms with van der Waals surface area (Å²) >= 11 is 0. The Kier molecular flexibility index (Phi) is 14.2. The number of aliphatic hydroxyl groups excluding tert-OH is 1. The molecule has 23 heavy (non-hydrogen) atoms. The van der Waals surface area contributed by atoms with Gasteiger partial charge in [-0.2, -0.15) is 24.3 Å². The molecule has 130 valence electrons. The molecule has 0 fully saturated rings. The van der Waals surface area contributed by atoms with Gasteiger partial charge in [-0.25, -0.2) is 24.3 Å². The summed E-state index contributed by atoms with van der Waals surface area (Å²) in [5.74, 6) is 0. The van der Waals surface area contributed by atoms with Crippen LogP contribution in [0.15, 0.2) is 48.5 Å². The first-order chi connectivity index (χ1) is 10.8. The maximum atomic E-state index is 9.25. The van der Waals surface area contributed by atoms with Gasteiger partial charge in [-0.05, 0) is 25.9 Å². The fourth-order valence-corrected chi connectivity index (χ4v) is 2.40. The minimum absolute atomic E-state index is 0. The molecule has 0 aromatic heterocycles. The van der Waals surface area contributed by atoms with Gasteiger partial charge in [0, 0.05) is 13.2 Å². The topological polar surface area (TPSA) is 23.5 Å². The Hall–Kier alpha value is -0.861. The van der Waals surface area contributed by atoms with E-state index in [1.54, 1.807) is 0 Å². The number of hydrogen-bond donors (Lipinski definition) is 1. The second-order valence-corrected chi connectivity index (χ2v) is 5.68. The number of hydrogen-bond acceptors (Lipinski definition) is 2. The molecule has 0 aliphatic rings. The predicted octanol–water partition coefficient (Wildman–Crippen LogP) is 4.70. The zero-order valence-corrected chi connectivity index (χ0v) is 15.6. The summed E-state index contributed by atoms with van der Waals surface area (Å²) in [6.07, 6.45) is 5.02. The summed E-state index contributed by atoms with van der Waals surface area (Å²) in [5.41, 5.74) is 2.38. The molecule has 2 aromatic carbocycles. The van der Waals surface area contributed by atoms with Gasteiger partial charge in [-0.15, -0.1) is 11.1 Å². The SMILES string of the molecule is CCCCN(CCCC)Cc1ccc[c-]1CO.[Fe+2].c1cc[cH-]c1. The van der Waals surface area contributed by atoms with Crippen LogP contribution in [0.1, 0.15) is 50.7 Å². The summed E-state index contributed by atoms with van der Waals surface area (Å²) in [7, 11) is 0. The first-order valence-electron chi connectivity index (χ1n) is 8.55. The van der Waals surface area contributed by atoms with Crippen LogP contribution in [-0.2, 0) is 30.2 Å². The van der Waals surface area contributed by atoms with E-state index in [0.29, 0.717) is 0 Å². The molecule has 0 saturated carbocycles. The fourth-order valence-electron chi connectivity index (χ4n) is 2.40. The third-order valence-corrected chi connectivity index (χ3v) is 3.78. The minimum atomic E-state index is 0. The van der Waals surface area contributed by atoms with Crippen molar-refractivity contribution in [1.29, 1.82) is 0 Å². The van der Waals surface area contributed by atoms with E-state index in [-0.39, 0.29) is 23.7 Å². The van der Waals surface area contributed by atoms with Gasteiger partial charge in [0.05, 0.1) is 0 Å². The van der Waals surface area contributed by atoms with Gasteiger partial charge in [0.1, 0.15) is 0 Å².